The van der Waals surface area contributed by atoms with Crippen LogP contribution in [0.3, 0.4) is 0 Å². The van der Waals surface area contributed by atoms with Gasteiger partial charge in [-0.1, -0.05) is 29.8 Å². The van der Waals surface area contributed by atoms with Crippen LogP contribution < -0.4 is 11.5 Å². The maximum Gasteiger partial charge on any atom is 0.283 e. The molecule has 0 bridgehead atoms. The van der Waals surface area contributed by atoms with Crippen molar-refractivity contribution in [1.29, 1.82) is 0 Å². The molecule has 23 heavy (non-hydrogen) atoms. The third-order valence-corrected chi connectivity index (χ3v) is 3.67. The fourth-order valence-electron chi connectivity index (χ4n) is 2.21. The van der Waals surface area contributed by atoms with E-state index in [1.807, 2.05) is 0 Å². The zero-order valence-electron chi connectivity index (χ0n) is 12.2. The molecule has 1 amide bonds. The van der Waals surface area contributed by atoms with Gasteiger partial charge in [0.15, 0.2) is 11.6 Å². The Balaban J connectivity index is 2.88. The van der Waals surface area contributed by atoms with Gasteiger partial charge in [-0.05, 0) is 30.2 Å². The van der Waals surface area contributed by atoms with Crippen LogP contribution in [0.15, 0.2) is 35.3 Å². The molecule has 2 rings (SSSR count). The number of aromatic hydroxyl groups is 1. The molecule has 2 aromatic rings. The summed E-state index contributed by atoms with van der Waals surface area (Å²) < 4.78 is 0. The Bertz CT molecular complexity index is 865. The van der Waals surface area contributed by atoms with E-state index in [0.29, 0.717) is 16.1 Å². The van der Waals surface area contributed by atoms with Gasteiger partial charge in [-0.15, -0.1) is 0 Å². The molecule has 2 aromatic carbocycles. The van der Waals surface area contributed by atoms with Crippen molar-refractivity contribution in [2.75, 3.05) is 0 Å². The largest absolute Gasteiger partial charge is 0.507 e. The lowest BCUT2D eigenvalue weighted by Crippen LogP contribution is -2.24. The van der Waals surface area contributed by atoms with Gasteiger partial charge in [0.2, 0.25) is 0 Å². The number of amides is 1. The van der Waals surface area contributed by atoms with Gasteiger partial charge >= 0.3 is 0 Å². The number of carbonyl (C=O) groups excluding carboxylic acids is 1. The van der Waals surface area contributed by atoms with Crippen molar-refractivity contribution in [1.82, 2.24) is 0 Å². The van der Waals surface area contributed by atoms with Gasteiger partial charge in [-0.2, -0.15) is 4.99 Å². The Morgan fingerprint density at radius 3 is 2.61 bits per heavy atom. The lowest BCUT2D eigenvalue weighted by Gasteiger charge is -2.14. The standard InChI is InChI=1S/C16H13ClN4O2/c1-8-9(4-3-5-10(8)17)13-11(20-2)6-7-12(22)14(13)15(23)21-16(18)19/h3-7,22H,1H3,(H4,18,19,21,23). The molecule has 0 atom stereocenters. The molecule has 0 heterocycles. The highest BCUT2D eigenvalue weighted by Gasteiger charge is 2.22. The van der Waals surface area contributed by atoms with Gasteiger partial charge in [0.05, 0.1) is 12.1 Å². The van der Waals surface area contributed by atoms with Crippen molar-refractivity contribution >= 4 is 29.2 Å². The van der Waals surface area contributed by atoms with Crippen LogP contribution in [0.5, 0.6) is 5.75 Å². The minimum Gasteiger partial charge on any atom is -0.507 e. The molecular formula is C16H13ClN4O2. The van der Waals surface area contributed by atoms with E-state index in [1.165, 1.54) is 12.1 Å². The third kappa shape index (κ3) is 3.10. The summed E-state index contributed by atoms with van der Waals surface area (Å²) in [7, 11) is 0. The molecule has 7 heteroatoms. The van der Waals surface area contributed by atoms with Crippen molar-refractivity contribution in [3.05, 3.63) is 57.9 Å². The summed E-state index contributed by atoms with van der Waals surface area (Å²) in [6.07, 6.45) is 0. The number of phenols is 1. The summed E-state index contributed by atoms with van der Waals surface area (Å²) >= 11 is 6.12. The summed E-state index contributed by atoms with van der Waals surface area (Å²) in [5, 5.41) is 10.6. The number of halogens is 1. The summed E-state index contributed by atoms with van der Waals surface area (Å²) in [6, 6.07) is 7.77. The van der Waals surface area contributed by atoms with Crippen LogP contribution in [-0.4, -0.2) is 17.0 Å². The average molecular weight is 329 g/mol. The van der Waals surface area contributed by atoms with Crippen molar-refractivity contribution in [3.63, 3.8) is 0 Å². The highest BCUT2D eigenvalue weighted by molar-refractivity contribution is 6.31. The molecule has 0 aromatic heterocycles. The number of hydrogen-bond donors (Lipinski definition) is 3. The van der Waals surface area contributed by atoms with Crippen LogP contribution in [0.25, 0.3) is 16.0 Å². The second kappa shape index (κ2) is 6.38. The first-order chi connectivity index (χ1) is 10.9. The quantitative estimate of drug-likeness (QED) is 0.447. The zero-order valence-corrected chi connectivity index (χ0v) is 12.9. The smallest absolute Gasteiger partial charge is 0.283 e. The Kier molecular flexibility index (Phi) is 4.53. The SMILES string of the molecule is [C-]#[N+]c1ccc(O)c(C(=O)N=C(N)N)c1-c1cccc(Cl)c1C. The van der Waals surface area contributed by atoms with E-state index in [1.54, 1.807) is 25.1 Å². The first-order valence-electron chi connectivity index (χ1n) is 6.49. The number of phenolic OH excluding ortho intramolecular Hbond substituents is 1. The van der Waals surface area contributed by atoms with E-state index >= 15 is 0 Å². The van der Waals surface area contributed by atoms with Crippen LogP contribution >= 0.6 is 11.6 Å². The predicted molar refractivity (Wildman–Crippen MR) is 89.7 cm³/mol. The highest BCUT2D eigenvalue weighted by atomic mass is 35.5. The predicted octanol–water partition coefficient (Wildman–Crippen LogP) is 2.99. The number of nitrogens with zero attached hydrogens (tertiary/aromatic N) is 2. The summed E-state index contributed by atoms with van der Waals surface area (Å²) in [6.45, 7) is 9.08. The van der Waals surface area contributed by atoms with Crippen LogP contribution in [-0.2, 0) is 0 Å². The fraction of sp³-hybridized carbons (Fsp3) is 0.0625. The zero-order chi connectivity index (χ0) is 17.1. The summed E-state index contributed by atoms with van der Waals surface area (Å²) in [5.41, 5.74) is 12.0. The second-order valence-electron chi connectivity index (χ2n) is 4.72. The molecule has 0 radical (unpaired) electrons. The molecule has 5 N–H and O–H groups in total. The second-order valence-corrected chi connectivity index (χ2v) is 5.13. The summed E-state index contributed by atoms with van der Waals surface area (Å²) in [5.74, 6) is -1.58. The molecule has 0 aliphatic carbocycles. The molecule has 0 aliphatic heterocycles. The van der Waals surface area contributed by atoms with Crippen molar-refractivity contribution in [2.45, 2.75) is 6.92 Å². The lowest BCUT2D eigenvalue weighted by atomic mass is 9.93. The number of benzene rings is 2. The first kappa shape index (κ1) is 16.3. The molecule has 116 valence electrons. The van der Waals surface area contributed by atoms with Crippen molar-refractivity contribution in [2.24, 2.45) is 16.5 Å². The maximum absolute atomic E-state index is 12.3. The monoisotopic (exact) mass is 328 g/mol. The fourth-order valence-corrected chi connectivity index (χ4v) is 2.39. The maximum atomic E-state index is 12.3. The van der Waals surface area contributed by atoms with E-state index in [-0.39, 0.29) is 22.6 Å². The topological polar surface area (TPSA) is 106 Å². The van der Waals surface area contributed by atoms with Crippen molar-refractivity contribution < 1.29 is 9.90 Å². The Morgan fingerprint density at radius 2 is 2.00 bits per heavy atom. The van der Waals surface area contributed by atoms with E-state index < -0.39 is 11.9 Å². The third-order valence-electron chi connectivity index (χ3n) is 3.26. The normalized spacial score (nSPS) is 9.96. The van der Waals surface area contributed by atoms with Gasteiger partial charge in [0, 0.05) is 10.6 Å². The number of guanidine groups is 1. The molecule has 0 fully saturated rings. The Morgan fingerprint density at radius 1 is 1.30 bits per heavy atom. The highest BCUT2D eigenvalue weighted by Crippen LogP contribution is 2.41. The van der Waals surface area contributed by atoms with Crippen LogP contribution in [0.1, 0.15) is 15.9 Å². The minimum absolute atomic E-state index is 0.141. The van der Waals surface area contributed by atoms with Crippen LogP contribution in [0.2, 0.25) is 5.02 Å². The number of nitrogens with two attached hydrogens (primary N) is 2. The van der Waals surface area contributed by atoms with E-state index in [0.717, 1.165) is 0 Å². The molecule has 0 saturated heterocycles. The molecule has 0 aliphatic rings. The molecule has 6 nitrogen and oxygen atoms in total. The molecule has 0 saturated carbocycles. The summed E-state index contributed by atoms with van der Waals surface area (Å²) in [4.78, 5) is 19.2. The van der Waals surface area contributed by atoms with E-state index in [2.05, 4.69) is 9.84 Å². The van der Waals surface area contributed by atoms with E-state index in [4.69, 9.17) is 29.6 Å². The molecule has 0 spiro atoms. The van der Waals surface area contributed by atoms with E-state index in [9.17, 15) is 9.90 Å². The molecule has 0 unspecified atom stereocenters. The minimum atomic E-state index is -0.831. The van der Waals surface area contributed by atoms with Crippen molar-refractivity contribution in [3.8, 4) is 16.9 Å². The Hall–Kier alpha value is -3.04. The molecular weight excluding hydrogens is 316 g/mol. The number of carbonyl (C=O) groups is 1. The number of rotatable bonds is 2. The first-order valence-corrected chi connectivity index (χ1v) is 6.87. The van der Waals surface area contributed by atoms with Gasteiger partial charge in [0.1, 0.15) is 5.75 Å². The number of hydrogen-bond acceptors (Lipinski definition) is 2. The van der Waals surface area contributed by atoms with Gasteiger partial charge in [-0.3, -0.25) is 4.79 Å². The van der Waals surface area contributed by atoms with Crippen LogP contribution in [0.4, 0.5) is 5.69 Å². The van der Waals surface area contributed by atoms with Gasteiger partial charge < -0.3 is 16.6 Å². The van der Waals surface area contributed by atoms with Crippen LogP contribution in [0, 0.1) is 13.5 Å². The van der Waals surface area contributed by atoms with Gasteiger partial charge in [0.25, 0.3) is 5.91 Å². The average Bonchev–Trinajstić information content (AvgIpc) is 2.49. The Labute approximate surface area is 137 Å². The van der Waals surface area contributed by atoms with Gasteiger partial charge in [-0.25, -0.2) is 4.85 Å². The number of aliphatic imine (C=N–C) groups is 1. The lowest BCUT2D eigenvalue weighted by molar-refractivity contribution is 0.100.